The van der Waals surface area contributed by atoms with Crippen LogP contribution in [-0.2, 0) is 27.8 Å². The van der Waals surface area contributed by atoms with Crippen molar-refractivity contribution in [2.75, 3.05) is 12.3 Å². The third kappa shape index (κ3) is 6.01. The summed E-state index contributed by atoms with van der Waals surface area (Å²) in [4.78, 5) is 15.4. The number of rotatable bonds is 9. The standard InChI is InChI=1S/C22H24F2N4O5S/c1-13(2)20-21(34(30,31)33-18-10-15(23)9-16(24)11-18)28(12-14-3-5-17(25)6-4-14)19(27-20)7-8-32-22(26)29/h3-6,9-11,13H,7-8,12,25H2,1-2H3,(H2,26,29). The van der Waals surface area contributed by atoms with Crippen LogP contribution in [0.3, 0.4) is 0 Å². The lowest BCUT2D eigenvalue weighted by molar-refractivity contribution is 0.157. The molecule has 1 heterocycles. The third-order valence-corrected chi connectivity index (χ3v) is 6.06. The molecule has 0 spiro atoms. The molecular weight excluding hydrogens is 470 g/mol. The molecule has 9 nitrogen and oxygen atoms in total. The molecule has 4 N–H and O–H groups in total. The Morgan fingerprint density at radius 1 is 1.12 bits per heavy atom. The number of carbonyl (C=O) groups is 1. The van der Waals surface area contributed by atoms with Gasteiger partial charge in [0.1, 0.15) is 29.8 Å². The van der Waals surface area contributed by atoms with Gasteiger partial charge in [-0.05, 0) is 23.6 Å². The molecule has 3 aromatic rings. The van der Waals surface area contributed by atoms with E-state index in [1.165, 1.54) is 4.57 Å². The lowest BCUT2D eigenvalue weighted by Crippen LogP contribution is -2.20. The Labute approximate surface area is 195 Å². The van der Waals surface area contributed by atoms with E-state index in [-0.39, 0.29) is 42.0 Å². The second-order valence-electron chi connectivity index (χ2n) is 7.76. The van der Waals surface area contributed by atoms with E-state index >= 15 is 0 Å². The predicted octanol–water partition coefficient (Wildman–Crippen LogP) is 3.32. The van der Waals surface area contributed by atoms with Crippen molar-refractivity contribution in [1.29, 1.82) is 0 Å². The molecule has 0 radical (unpaired) electrons. The van der Waals surface area contributed by atoms with Crippen molar-refractivity contribution in [3.8, 4) is 5.75 Å². The van der Waals surface area contributed by atoms with Gasteiger partial charge in [-0.2, -0.15) is 8.42 Å². The Balaban J connectivity index is 2.12. The number of primary amides is 1. The number of nitrogen functional groups attached to an aromatic ring is 1. The number of amides is 1. The number of nitrogens with two attached hydrogens (primary N) is 2. The average molecular weight is 495 g/mol. The minimum atomic E-state index is -4.59. The number of benzene rings is 2. The van der Waals surface area contributed by atoms with Crippen molar-refractivity contribution in [2.24, 2.45) is 5.73 Å². The van der Waals surface area contributed by atoms with E-state index in [1.807, 2.05) is 0 Å². The van der Waals surface area contributed by atoms with Crippen molar-refractivity contribution in [1.82, 2.24) is 9.55 Å². The average Bonchev–Trinajstić information content (AvgIpc) is 3.08. The van der Waals surface area contributed by atoms with Crippen LogP contribution in [0.1, 0.15) is 36.8 Å². The molecule has 12 heteroatoms. The number of anilines is 1. The molecule has 0 aliphatic heterocycles. The first-order valence-electron chi connectivity index (χ1n) is 10.2. The number of ether oxygens (including phenoxy) is 1. The lowest BCUT2D eigenvalue weighted by Gasteiger charge is -2.15. The zero-order valence-electron chi connectivity index (χ0n) is 18.5. The molecular formula is C22H24F2N4O5S. The highest BCUT2D eigenvalue weighted by atomic mass is 32.2. The lowest BCUT2D eigenvalue weighted by atomic mass is 10.1. The summed E-state index contributed by atoms with van der Waals surface area (Å²) in [5.74, 6) is -2.58. The van der Waals surface area contributed by atoms with Gasteiger partial charge in [-0.1, -0.05) is 26.0 Å². The molecule has 0 bridgehead atoms. The molecule has 0 fully saturated rings. The van der Waals surface area contributed by atoms with Gasteiger partial charge in [0.2, 0.25) is 0 Å². The largest absolute Gasteiger partial charge is 0.449 e. The van der Waals surface area contributed by atoms with Crippen molar-refractivity contribution < 1.29 is 30.9 Å². The van der Waals surface area contributed by atoms with Gasteiger partial charge in [-0.3, -0.25) is 0 Å². The van der Waals surface area contributed by atoms with Crippen LogP contribution in [0.4, 0.5) is 19.3 Å². The van der Waals surface area contributed by atoms with Gasteiger partial charge in [-0.25, -0.2) is 18.6 Å². The summed E-state index contributed by atoms with van der Waals surface area (Å²) in [5, 5.41) is -0.280. The Kier molecular flexibility index (Phi) is 7.40. The van der Waals surface area contributed by atoms with Gasteiger partial charge in [0.25, 0.3) is 0 Å². The van der Waals surface area contributed by atoms with Crippen LogP contribution >= 0.6 is 0 Å². The van der Waals surface area contributed by atoms with Gasteiger partial charge in [0.15, 0.2) is 5.03 Å². The van der Waals surface area contributed by atoms with Crippen LogP contribution in [0.2, 0.25) is 0 Å². The first-order valence-corrected chi connectivity index (χ1v) is 11.6. The van der Waals surface area contributed by atoms with Crippen LogP contribution in [0.15, 0.2) is 47.5 Å². The minimum absolute atomic E-state index is 0.0569. The molecule has 2 aromatic carbocycles. The zero-order chi connectivity index (χ0) is 25.0. The Morgan fingerprint density at radius 3 is 2.29 bits per heavy atom. The van der Waals surface area contributed by atoms with E-state index in [1.54, 1.807) is 38.1 Å². The van der Waals surface area contributed by atoms with Gasteiger partial charge >= 0.3 is 16.2 Å². The predicted molar refractivity (Wildman–Crippen MR) is 120 cm³/mol. The van der Waals surface area contributed by atoms with Crippen molar-refractivity contribution >= 4 is 21.9 Å². The number of hydrogen-bond acceptors (Lipinski definition) is 7. The summed E-state index contributed by atoms with van der Waals surface area (Å²) >= 11 is 0. The van der Waals surface area contributed by atoms with E-state index in [2.05, 4.69) is 4.98 Å². The van der Waals surface area contributed by atoms with E-state index in [0.29, 0.717) is 17.3 Å². The maximum Gasteiger partial charge on any atom is 0.404 e. The summed E-state index contributed by atoms with van der Waals surface area (Å²) in [5.41, 5.74) is 12.2. The number of hydrogen-bond donors (Lipinski definition) is 2. The third-order valence-electron chi connectivity index (χ3n) is 4.74. The van der Waals surface area contributed by atoms with Crippen molar-refractivity contribution in [3.63, 3.8) is 0 Å². The van der Waals surface area contributed by atoms with Gasteiger partial charge in [0.05, 0.1) is 12.2 Å². The molecule has 0 aliphatic carbocycles. The molecule has 0 unspecified atom stereocenters. The SMILES string of the molecule is CC(C)c1nc(CCOC(N)=O)n(Cc2ccc(N)cc2)c1S(=O)(=O)Oc1cc(F)cc(F)c1. The Bertz CT molecular complexity index is 1270. The maximum absolute atomic E-state index is 13.6. The minimum Gasteiger partial charge on any atom is -0.449 e. The van der Waals surface area contributed by atoms with Gasteiger partial charge in [-0.15, -0.1) is 0 Å². The van der Waals surface area contributed by atoms with E-state index < -0.39 is 33.6 Å². The van der Waals surface area contributed by atoms with Crippen LogP contribution < -0.4 is 15.7 Å². The molecule has 1 amide bonds. The summed E-state index contributed by atoms with van der Waals surface area (Å²) in [6.45, 7) is 3.39. The van der Waals surface area contributed by atoms with Crippen LogP contribution in [0.5, 0.6) is 5.75 Å². The molecule has 0 atom stereocenters. The maximum atomic E-state index is 13.6. The molecule has 182 valence electrons. The Hall–Kier alpha value is -3.67. The fourth-order valence-electron chi connectivity index (χ4n) is 3.29. The molecule has 1 aromatic heterocycles. The van der Waals surface area contributed by atoms with Crippen molar-refractivity contribution in [2.45, 2.75) is 37.8 Å². The Morgan fingerprint density at radius 2 is 1.74 bits per heavy atom. The number of carbonyl (C=O) groups excluding carboxylic acids is 1. The smallest absolute Gasteiger partial charge is 0.404 e. The topological polar surface area (TPSA) is 140 Å². The number of halogens is 2. The molecule has 3 rings (SSSR count). The van der Waals surface area contributed by atoms with Gasteiger partial charge < -0.3 is 25.0 Å². The highest BCUT2D eigenvalue weighted by molar-refractivity contribution is 7.87. The van der Waals surface area contributed by atoms with Crippen LogP contribution in [-0.4, -0.2) is 30.7 Å². The van der Waals surface area contributed by atoms with Crippen LogP contribution in [0.25, 0.3) is 0 Å². The highest BCUT2D eigenvalue weighted by Gasteiger charge is 2.31. The second-order valence-corrected chi connectivity index (χ2v) is 9.22. The first-order chi connectivity index (χ1) is 16.0. The molecule has 0 saturated carbocycles. The zero-order valence-corrected chi connectivity index (χ0v) is 19.3. The number of aromatic nitrogens is 2. The number of imidazole rings is 1. The monoisotopic (exact) mass is 494 g/mol. The van der Waals surface area contributed by atoms with Gasteiger partial charge in [0, 0.05) is 30.3 Å². The quantitative estimate of drug-likeness (QED) is 0.343. The van der Waals surface area contributed by atoms with E-state index in [9.17, 15) is 22.0 Å². The summed E-state index contributed by atoms with van der Waals surface area (Å²) in [7, 11) is -4.59. The molecule has 0 saturated heterocycles. The normalized spacial score (nSPS) is 11.6. The van der Waals surface area contributed by atoms with E-state index in [0.717, 1.165) is 12.1 Å². The highest BCUT2D eigenvalue weighted by Crippen LogP contribution is 2.29. The molecule has 0 aliphatic rings. The van der Waals surface area contributed by atoms with Crippen LogP contribution in [0, 0.1) is 11.6 Å². The fraction of sp³-hybridized carbons (Fsp3) is 0.273. The molecule has 34 heavy (non-hydrogen) atoms. The number of nitrogens with zero attached hydrogens (tertiary/aromatic N) is 2. The second kappa shape index (κ2) is 10.1. The summed E-state index contributed by atoms with van der Waals surface area (Å²) in [6.07, 6.45) is -0.924. The summed E-state index contributed by atoms with van der Waals surface area (Å²) < 4.78 is 65.3. The fourth-order valence-corrected chi connectivity index (χ4v) is 4.69. The summed E-state index contributed by atoms with van der Waals surface area (Å²) in [6, 6.07) is 8.87. The van der Waals surface area contributed by atoms with E-state index in [4.69, 9.17) is 20.4 Å². The first kappa shape index (κ1) is 25.0. The van der Waals surface area contributed by atoms with Crippen molar-refractivity contribution in [3.05, 3.63) is 71.2 Å².